The Morgan fingerprint density at radius 3 is 2.47 bits per heavy atom. The lowest BCUT2D eigenvalue weighted by molar-refractivity contribution is 0.112. The molecule has 0 aliphatic heterocycles. The van der Waals surface area contributed by atoms with Crippen LogP contribution in [0.25, 0.3) is 32.3 Å². The van der Waals surface area contributed by atoms with Gasteiger partial charge in [-0.3, -0.25) is 4.79 Å². The summed E-state index contributed by atoms with van der Waals surface area (Å²) in [4.78, 5) is 11.3. The summed E-state index contributed by atoms with van der Waals surface area (Å²) in [6, 6.07) is 16.0. The number of carbonyl (C=O) groups is 1. The predicted octanol–water partition coefficient (Wildman–Crippen LogP) is 3.98. The van der Waals surface area contributed by atoms with Crippen molar-refractivity contribution in [1.29, 1.82) is 0 Å². The van der Waals surface area contributed by atoms with Crippen molar-refractivity contribution in [3.05, 3.63) is 54.1 Å². The molecular weight excluding hydrogens is 234 g/mol. The SMILES string of the molecule is Nc1ccc2cc(C=O)c3cccc4ccc1c2c43. The van der Waals surface area contributed by atoms with E-state index in [1.54, 1.807) is 0 Å². The third-order valence-corrected chi connectivity index (χ3v) is 3.84. The molecule has 0 aromatic heterocycles. The number of hydrogen-bond donors (Lipinski definition) is 1. The normalized spacial score (nSPS) is 11.6. The van der Waals surface area contributed by atoms with E-state index in [0.717, 1.165) is 49.9 Å². The molecule has 2 N–H and O–H groups in total. The van der Waals surface area contributed by atoms with Gasteiger partial charge in [0.2, 0.25) is 0 Å². The maximum Gasteiger partial charge on any atom is 0.150 e. The topological polar surface area (TPSA) is 43.1 Å². The van der Waals surface area contributed by atoms with Crippen molar-refractivity contribution in [2.45, 2.75) is 0 Å². The highest BCUT2D eigenvalue weighted by atomic mass is 16.1. The zero-order valence-corrected chi connectivity index (χ0v) is 10.2. The molecule has 0 aliphatic rings. The average molecular weight is 245 g/mol. The highest BCUT2D eigenvalue weighted by molar-refractivity contribution is 6.27. The van der Waals surface area contributed by atoms with E-state index < -0.39 is 0 Å². The number of nitrogens with two attached hydrogens (primary N) is 1. The number of carbonyl (C=O) groups excluding carboxylic acids is 1. The Bertz CT molecular complexity index is 940. The van der Waals surface area contributed by atoms with Gasteiger partial charge in [0.05, 0.1) is 0 Å². The summed E-state index contributed by atoms with van der Waals surface area (Å²) in [6.45, 7) is 0. The lowest BCUT2D eigenvalue weighted by Crippen LogP contribution is -1.92. The zero-order valence-electron chi connectivity index (χ0n) is 10.2. The molecule has 0 amide bonds. The van der Waals surface area contributed by atoms with Crippen LogP contribution in [-0.4, -0.2) is 6.29 Å². The van der Waals surface area contributed by atoms with Crippen molar-refractivity contribution in [3.8, 4) is 0 Å². The highest BCUT2D eigenvalue weighted by Gasteiger charge is 2.12. The van der Waals surface area contributed by atoms with E-state index in [0.29, 0.717) is 0 Å². The monoisotopic (exact) mass is 245 g/mol. The second-order valence-electron chi connectivity index (χ2n) is 4.85. The molecule has 19 heavy (non-hydrogen) atoms. The van der Waals surface area contributed by atoms with Gasteiger partial charge in [-0.2, -0.15) is 0 Å². The zero-order chi connectivity index (χ0) is 13.0. The highest BCUT2D eigenvalue weighted by Crippen LogP contribution is 2.37. The van der Waals surface area contributed by atoms with Crippen LogP contribution in [0, 0.1) is 0 Å². The maximum absolute atomic E-state index is 11.3. The molecule has 0 radical (unpaired) electrons. The molecule has 0 heterocycles. The lowest BCUT2D eigenvalue weighted by Gasteiger charge is -2.13. The van der Waals surface area contributed by atoms with E-state index in [4.69, 9.17) is 5.73 Å². The third kappa shape index (κ3) is 1.23. The molecule has 0 atom stereocenters. The first-order valence-corrected chi connectivity index (χ1v) is 6.21. The molecule has 0 saturated carbocycles. The van der Waals surface area contributed by atoms with E-state index in [1.807, 2.05) is 30.3 Å². The van der Waals surface area contributed by atoms with Crippen LogP contribution in [0.15, 0.2) is 48.5 Å². The molecular formula is C17H11NO. The molecule has 0 fully saturated rings. The minimum absolute atomic E-state index is 0.732. The Hall–Kier alpha value is -2.61. The van der Waals surface area contributed by atoms with Crippen molar-refractivity contribution in [1.82, 2.24) is 0 Å². The molecule has 0 unspecified atom stereocenters. The number of aldehydes is 1. The largest absolute Gasteiger partial charge is 0.398 e. The van der Waals surface area contributed by atoms with E-state index in [-0.39, 0.29) is 0 Å². The maximum atomic E-state index is 11.3. The second-order valence-corrected chi connectivity index (χ2v) is 4.85. The van der Waals surface area contributed by atoms with Crippen molar-refractivity contribution in [2.75, 3.05) is 5.73 Å². The van der Waals surface area contributed by atoms with Crippen molar-refractivity contribution >= 4 is 44.3 Å². The van der Waals surface area contributed by atoms with Gasteiger partial charge in [0.25, 0.3) is 0 Å². The molecule has 2 nitrogen and oxygen atoms in total. The fraction of sp³-hybridized carbons (Fsp3) is 0. The number of hydrogen-bond acceptors (Lipinski definition) is 2. The van der Waals surface area contributed by atoms with Crippen LogP contribution >= 0.6 is 0 Å². The van der Waals surface area contributed by atoms with Gasteiger partial charge in [0.15, 0.2) is 6.29 Å². The summed E-state index contributed by atoms with van der Waals surface area (Å²) in [7, 11) is 0. The Morgan fingerprint density at radius 2 is 1.63 bits per heavy atom. The summed E-state index contributed by atoms with van der Waals surface area (Å²) in [5.74, 6) is 0. The van der Waals surface area contributed by atoms with E-state index >= 15 is 0 Å². The molecule has 2 heteroatoms. The summed E-state index contributed by atoms with van der Waals surface area (Å²) in [6.07, 6.45) is 0.924. The lowest BCUT2D eigenvalue weighted by atomic mass is 9.91. The Balaban J connectivity index is 2.46. The Labute approximate surface area is 109 Å². The van der Waals surface area contributed by atoms with Gasteiger partial charge in [0, 0.05) is 16.6 Å². The summed E-state index contributed by atoms with van der Waals surface area (Å²) in [5.41, 5.74) is 7.58. The van der Waals surface area contributed by atoms with Gasteiger partial charge in [-0.1, -0.05) is 36.4 Å². The van der Waals surface area contributed by atoms with E-state index in [9.17, 15) is 4.79 Å². The predicted molar refractivity (Wildman–Crippen MR) is 79.9 cm³/mol. The molecule has 90 valence electrons. The van der Waals surface area contributed by atoms with Crippen LogP contribution in [0.2, 0.25) is 0 Å². The quantitative estimate of drug-likeness (QED) is 0.313. The number of anilines is 1. The van der Waals surface area contributed by atoms with Crippen molar-refractivity contribution in [3.63, 3.8) is 0 Å². The van der Waals surface area contributed by atoms with Crippen LogP contribution in [-0.2, 0) is 0 Å². The first kappa shape index (κ1) is 10.3. The third-order valence-electron chi connectivity index (χ3n) is 3.84. The van der Waals surface area contributed by atoms with Crippen LogP contribution in [0.1, 0.15) is 10.4 Å². The van der Waals surface area contributed by atoms with Gasteiger partial charge in [0.1, 0.15) is 0 Å². The van der Waals surface area contributed by atoms with Crippen molar-refractivity contribution < 1.29 is 4.79 Å². The smallest absolute Gasteiger partial charge is 0.150 e. The van der Waals surface area contributed by atoms with Gasteiger partial charge in [-0.25, -0.2) is 0 Å². The Kier molecular flexibility index (Phi) is 1.88. The van der Waals surface area contributed by atoms with E-state index in [1.165, 1.54) is 0 Å². The van der Waals surface area contributed by atoms with Crippen molar-refractivity contribution in [2.24, 2.45) is 0 Å². The molecule has 0 spiro atoms. The molecule has 0 aliphatic carbocycles. The molecule has 0 saturated heterocycles. The Morgan fingerprint density at radius 1 is 0.842 bits per heavy atom. The fourth-order valence-corrected chi connectivity index (χ4v) is 2.98. The van der Waals surface area contributed by atoms with E-state index in [2.05, 4.69) is 18.2 Å². The number of nitrogen functional groups attached to an aromatic ring is 1. The van der Waals surface area contributed by atoms with Crippen LogP contribution < -0.4 is 5.73 Å². The first-order chi connectivity index (χ1) is 9.29. The van der Waals surface area contributed by atoms with Gasteiger partial charge in [-0.05, 0) is 39.1 Å². The van der Waals surface area contributed by atoms with Crippen LogP contribution in [0.5, 0.6) is 0 Å². The first-order valence-electron chi connectivity index (χ1n) is 6.21. The standard InChI is InChI=1S/C17H11NO/c18-15-7-5-11-8-12(9-19)13-3-1-2-10-4-6-14(15)17(11)16(10)13/h1-9H,18H2. The van der Waals surface area contributed by atoms with Gasteiger partial charge in [-0.15, -0.1) is 0 Å². The summed E-state index contributed by atoms with van der Waals surface area (Å²) < 4.78 is 0. The molecule has 4 aromatic carbocycles. The average Bonchev–Trinajstić information content (AvgIpc) is 2.46. The minimum Gasteiger partial charge on any atom is -0.398 e. The minimum atomic E-state index is 0.732. The van der Waals surface area contributed by atoms with Crippen LogP contribution in [0.4, 0.5) is 5.69 Å². The number of rotatable bonds is 1. The second kappa shape index (κ2) is 3.45. The van der Waals surface area contributed by atoms with Gasteiger partial charge < -0.3 is 5.73 Å². The van der Waals surface area contributed by atoms with Gasteiger partial charge >= 0.3 is 0 Å². The fourth-order valence-electron chi connectivity index (χ4n) is 2.98. The number of benzene rings is 4. The molecule has 4 aromatic rings. The van der Waals surface area contributed by atoms with Crippen LogP contribution in [0.3, 0.4) is 0 Å². The molecule has 0 bridgehead atoms. The molecule has 4 rings (SSSR count). The summed E-state index contributed by atoms with van der Waals surface area (Å²) >= 11 is 0. The summed E-state index contributed by atoms with van der Waals surface area (Å²) in [5, 5.41) is 6.54.